The number of hydrogen-bond donors (Lipinski definition) is 2. The minimum absolute atomic E-state index is 0.195. The van der Waals surface area contributed by atoms with Crippen LogP contribution in [0.2, 0.25) is 0 Å². The second-order valence-electron chi connectivity index (χ2n) is 3.07. The molecule has 2 rings (SSSR count). The van der Waals surface area contributed by atoms with Crippen molar-refractivity contribution in [1.82, 2.24) is 9.97 Å². The van der Waals surface area contributed by atoms with Crippen LogP contribution < -0.4 is 5.73 Å². The standard InChI is InChI=1S/C10H9N3O2S/c11-3-7-1-2-8(16-7)6-4-12-9(10(14)15)13-5-6/h1-2,4-5H,3,11H2,(H,14,15). The van der Waals surface area contributed by atoms with E-state index in [9.17, 15) is 4.79 Å². The summed E-state index contributed by atoms with van der Waals surface area (Å²) in [5, 5.41) is 8.65. The van der Waals surface area contributed by atoms with E-state index in [1.807, 2.05) is 12.1 Å². The van der Waals surface area contributed by atoms with Crippen LogP contribution in [0.1, 0.15) is 15.5 Å². The highest BCUT2D eigenvalue weighted by atomic mass is 32.1. The summed E-state index contributed by atoms with van der Waals surface area (Å²) in [6, 6.07) is 3.86. The number of aromatic carboxylic acids is 1. The zero-order valence-corrected chi connectivity index (χ0v) is 9.07. The highest BCUT2D eigenvalue weighted by molar-refractivity contribution is 7.15. The Morgan fingerprint density at radius 3 is 2.56 bits per heavy atom. The highest BCUT2D eigenvalue weighted by Crippen LogP contribution is 2.26. The van der Waals surface area contributed by atoms with Gasteiger partial charge in [-0.1, -0.05) is 0 Å². The molecule has 0 amide bonds. The summed E-state index contributed by atoms with van der Waals surface area (Å²) in [7, 11) is 0. The second kappa shape index (κ2) is 4.38. The smallest absolute Gasteiger partial charge is 0.373 e. The minimum Gasteiger partial charge on any atom is -0.475 e. The second-order valence-corrected chi connectivity index (χ2v) is 4.24. The highest BCUT2D eigenvalue weighted by Gasteiger charge is 2.07. The van der Waals surface area contributed by atoms with Gasteiger partial charge in [0.15, 0.2) is 0 Å². The zero-order chi connectivity index (χ0) is 11.5. The fourth-order valence-electron chi connectivity index (χ4n) is 1.21. The van der Waals surface area contributed by atoms with Crippen LogP contribution in [0.25, 0.3) is 10.4 Å². The molecule has 0 atom stereocenters. The summed E-state index contributed by atoms with van der Waals surface area (Å²) in [6.45, 7) is 0.499. The molecule has 0 aliphatic carbocycles. The molecule has 16 heavy (non-hydrogen) atoms. The molecular weight excluding hydrogens is 226 g/mol. The maximum atomic E-state index is 10.6. The number of carbonyl (C=O) groups is 1. The van der Waals surface area contributed by atoms with Crippen LogP contribution in [0.5, 0.6) is 0 Å². The summed E-state index contributed by atoms with van der Waals surface area (Å²) < 4.78 is 0. The van der Waals surface area contributed by atoms with Gasteiger partial charge < -0.3 is 10.8 Å². The summed E-state index contributed by atoms with van der Waals surface area (Å²) in [5.74, 6) is -1.32. The van der Waals surface area contributed by atoms with E-state index >= 15 is 0 Å². The van der Waals surface area contributed by atoms with E-state index in [4.69, 9.17) is 10.8 Å². The molecule has 2 aromatic rings. The van der Waals surface area contributed by atoms with Crippen molar-refractivity contribution in [3.63, 3.8) is 0 Å². The van der Waals surface area contributed by atoms with Gasteiger partial charge in [-0.05, 0) is 12.1 Å². The minimum atomic E-state index is -1.12. The number of nitrogens with two attached hydrogens (primary N) is 1. The van der Waals surface area contributed by atoms with Crippen LogP contribution in [0, 0.1) is 0 Å². The van der Waals surface area contributed by atoms with E-state index in [2.05, 4.69) is 9.97 Å². The number of aromatic nitrogens is 2. The SMILES string of the molecule is NCc1ccc(-c2cnc(C(=O)O)nc2)s1. The van der Waals surface area contributed by atoms with Crippen LogP contribution in [0.15, 0.2) is 24.5 Å². The molecule has 6 heteroatoms. The van der Waals surface area contributed by atoms with Crippen molar-refractivity contribution in [2.24, 2.45) is 5.73 Å². The molecule has 82 valence electrons. The predicted octanol–water partition coefficient (Wildman–Crippen LogP) is 1.36. The lowest BCUT2D eigenvalue weighted by Crippen LogP contribution is -2.02. The monoisotopic (exact) mass is 235 g/mol. The van der Waals surface area contributed by atoms with Gasteiger partial charge in [0.05, 0.1) is 0 Å². The molecule has 0 bridgehead atoms. The van der Waals surface area contributed by atoms with E-state index in [1.165, 1.54) is 12.4 Å². The molecule has 0 unspecified atom stereocenters. The van der Waals surface area contributed by atoms with Gasteiger partial charge in [-0.3, -0.25) is 0 Å². The largest absolute Gasteiger partial charge is 0.475 e. The molecule has 0 saturated heterocycles. The van der Waals surface area contributed by atoms with Crippen LogP contribution in [-0.2, 0) is 6.54 Å². The van der Waals surface area contributed by atoms with Crippen molar-refractivity contribution >= 4 is 17.3 Å². The molecular formula is C10H9N3O2S. The Morgan fingerprint density at radius 2 is 2.06 bits per heavy atom. The third-order valence-corrected chi connectivity index (χ3v) is 3.15. The Hall–Kier alpha value is -1.79. The predicted molar refractivity (Wildman–Crippen MR) is 60.2 cm³/mol. The molecule has 0 radical (unpaired) electrons. The van der Waals surface area contributed by atoms with E-state index in [0.717, 1.165) is 15.3 Å². The van der Waals surface area contributed by atoms with Gasteiger partial charge in [0.25, 0.3) is 0 Å². The van der Waals surface area contributed by atoms with Gasteiger partial charge in [-0.15, -0.1) is 11.3 Å². The van der Waals surface area contributed by atoms with Gasteiger partial charge in [-0.25, -0.2) is 14.8 Å². The Morgan fingerprint density at radius 1 is 1.38 bits per heavy atom. The molecule has 0 aliphatic heterocycles. The lowest BCUT2D eigenvalue weighted by atomic mass is 10.3. The lowest BCUT2D eigenvalue weighted by Gasteiger charge is -1.96. The van der Waals surface area contributed by atoms with Crippen molar-refractivity contribution in [2.45, 2.75) is 6.54 Å². The van der Waals surface area contributed by atoms with Gasteiger partial charge >= 0.3 is 5.97 Å². The first kappa shape index (κ1) is 10.7. The molecule has 2 heterocycles. The van der Waals surface area contributed by atoms with Gasteiger partial charge in [-0.2, -0.15) is 0 Å². The number of rotatable bonds is 3. The van der Waals surface area contributed by atoms with Gasteiger partial charge in [0.1, 0.15) is 0 Å². The average Bonchev–Trinajstić information content (AvgIpc) is 2.77. The number of carboxylic acid groups (broad SMARTS) is 1. The number of hydrogen-bond acceptors (Lipinski definition) is 5. The Labute approximate surface area is 95.6 Å². The summed E-state index contributed by atoms with van der Waals surface area (Å²) in [5.41, 5.74) is 6.31. The van der Waals surface area contributed by atoms with Crippen molar-refractivity contribution in [2.75, 3.05) is 0 Å². The molecule has 0 fully saturated rings. The van der Waals surface area contributed by atoms with E-state index in [0.29, 0.717) is 6.54 Å². The van der Waals surface area contributed by atoms with Crippen molar-refractivity contribution < 1.29 is 9.90 Å². The third kappa shape index (κ3) is 2.07. The average molecular weight is 235 g/mol. The maximum Gasteiger partial charge on any atom is 0.373 e. The van der Waals surface area contributed by atoms with E-state index in [-0.39, 0.29) is 5.82 Å². The molecule has 0 aromatic carbocycles. The van der Waals surface area contributed by atoms with Crippen LogP contribution in [0.4, 0.5) is 0 Å². The molecule has 0 spiro atoms. The molecule has 0 saturated carbocycles. The molecule has 2 aromatic heterocycles. The van der Waals surface area contributed by atoms with Crippen LogP contribution in [-0.4, -0.2) is 21.0 Å². The first-order chi connectivity index (χ1) is 7.70. The fourth-order valence-corrected chi connectivity index (χ4v) is 2.07. The van der Waals surface area contributed by atoms with Gasteiger partial charge in [0.2, 0.25) is 5.82 Å². The number of thiophene rings is 1. The maximum absolute atomic E-state index is 10.6. The first-order valence-corrected chi connectivity index (χ1v) is 5.37. The zero-order valence-electron chi connectivity index (χ0n) is 8.25. The molecule has 3 N–H and O–H groups in total. The Bertz CT molecular complexity index is 507. The fraction of sp³-hybridized carbons (Fsp3) is 0.100. The van der Waals surface area contributed by atoms with Crippen LogP contribution in [0.3, 0.4) is 0 Å². The van der Waals surface area contributed by atoms with E-state index in [1.54, 1.807) is 11.3 Å². The topological polar surface area (TPSA) is 89.1 Å². The lowest BCUT2D eigenvalue weighted by molar-refractivity contribution is 0.0683. The Balaban J connectivity index is 2.30. The first-order valence-electron chi connectivity index (χ1n) is 4.55. The van der Waals surface area contributed by atoms with Crippen molar-refractivity contribution in [3.05, 3.63) is 35.2 Å². The third-order valence-electron chi connectivity index (χ3n) is 1.99. The summed E-state index contributed by atoms with van der Waals surface area (Å²) >= 11 is 1.55. The van der Waals surface area contributed by atoms with Crippen LogP contribution >= 0.6 is 11.3 Å². The van der Waals surface area contributed by atoms with E-state index < -0.39 is 5.97 Å². The molecule has 5 nitrogen and oxygen atoms in total. The normalized spacial score (nSPS) is 10.3. The van der Waals surface area contributed by atoms with Gasteiger partial charge in [0, 0.05) is 34.3 Å². The molecule has 0 aliphatic rings. The quantitative estimate of drug-likeness (QED) is 0.838. The number of carboxylic acids is 1. The van der Waals surface area contributed by atoms with Crippen molar-refractivity contribution in [3.8, 4) is 10.4 Å². The summed E-state index contributed by atoms with van der Waals surface area (Å²) in [6.07, 6.45) is 3.01. The Kier molecular flexibility index (Phi) is 2.93. The van der Waals surface area contributed by atoms with Crippen molar-refractivity contribution in [1.29, 1.82) is 0 Å². The number of nitrogens with zero attached hydrogens (tertiary/aromatic N) is 2. The summed E-state index contributed by atoms with van der Waals surface area (Å²) in [4.78, 5) is 20.1.